The molecule has 2 heterocycles. The van der Waals surface area contributed by atoms with E-state index in [4.69, 9.17) is 4.98 Å². The Labute approximate surface area is 139 Å². The van der Waals surface area contributed by atoms with Crippen LogP contribution in [0.3, 0.4) is 0 Å². The Bertz CT molecular complexity index is 923. The van der Waals surface area contributed by atoms with E-state index in [1.54, 1.807) is 11.3 Å². The summed E-state index contributed by atoms with van der Waals surface area (Å²) < 4.78 is 1.25. The third kappa shape index (κ3) is 2.96. The number of hydrogen-bond donors (Lipinski definition) is 0. The Balaban J connectivity index is 1.56. The van der Waals surface area contributed by atoms with E-state index >= 15 is 0 Å². The molecule has 0 N–H and O–H groups in total. The van der Waals surface area contributed by atoms with E-state index in [0.717, 1.165) is 29.1 Å². The minimum absolute atomic E-state index is 0.850. The fourth-order valence-electron chi connectivity index (χ4n) is 2.86. The summed E-state index contributed by atoms with van der Waals surface area (Å²) in [4.78, 5) is 11.5. The molecular weight excluding hydrogens is 302 g/mol. The highest BCUT2D eigenvalue weighted by atomic mass is 32.1. The molecule has 2 aromatic carbocycles. The van der Waals surface area contributed by atoms with Gasteiger partial charge in [-0.05, 0) is 30.8 Å². The molecule has 0 atom stereocenters. The van der Waals surface area contributed by atoms with Crippen LogP contribution in [0.15, 0.2) is 60.8 Å². The Morgan fingerprint density at radius 3 is 2.74 bits per heavy atom. The van der Waals surface area contributed by atoms with Crippen LogP contribution >= 0.6 is 11.3 Å². The van der Waals surface area contributed by atoms with Crippen molar-refractivity contribution in [2.24, 2.45) is 0 Å². The van der Waals surface area contributed by atoms with Gasteiger partial charge in [0.15, 0.2) is 0 Å². The molecule has 23 heavy (non-hydrogen) atoms. The third-order valence-corrected chi connectivity index (χ3v) is 4.92. The molecule has 0 aliphatic heterocycles. The van der Waals surface area contributed by atoms with Crippen molar-refractivity contribution in [3.8, 4) is 0 Å². The minimum Gasteiger partial charge on any atom is -0.295 e. The average molecular weight is 319 g/mol. The van der Waals surface area contributed by atoms with Gasteiger partial charge in [0.25, 0.3) is 0 Å². The van der Waals surface area contributed by atoms with Gasteiger partial charge in [-0.1, -0.05) is 36.4 Å². The first kappa shape index (κ1) is 14.3. The molecule has 2 aromatic heterocycles. The van der Waals surface area contributed by atoms with Gasteiger partial charge in [-0.15, -0.1) is 11.3 Å². The van der Waals surface area contributed by atoms with Crippen molar-refractivity contribution in [1.82, 2.24) is 14.9 Å². The molecule has 114 valence electrons. The van der Waals surface area contributed by atoms with Crippen molar-refractivity contribution in [2.45, 2.75) is 13.1 Å². The van der Waals surface area contributed by atoms with Crippen LogP contribution < -0.4 is 0 Å². The average Bonchev–Trinajstić information content (AvgIpc) is 2.97. The molecule has 0 bridgehead atoms. The quantitative estimate of drug-likeness (QED) is 0.555. The van der Waals surface area contributed by atoms with Crippen LogP contribution in [0.1, 0.15) is 10.6 Å². The lowest BCUT2D eigenvalue weighted by Gasteiger charge is -2.16. The molecular formula is C19H17N3S. The number of pyridine rings is 1. The number of thiazole rings is 1. The van der Waals surface area contributed by atoms with Gasteiger partial charge in [-0.3, -0.25) is 9.88 Å². The van der Waals surface area contributed by atoms with Crippen LogP contribution in [0.4, 0.5) is 0 Å². The fourth-order valence-corrected chi connectivity index (χ4v) is 3.91. The Hall–Kier alpha value is -2.30. The van der Waals surface area contributed by atoms with E-state index in [2.05, 4.69) is 59.4 Å². The van der Waals surface area contributed by atoms with Crippen molar-refractivity contribution >= 4 is 32.5 Å². The lowest BCUT2D eigenvalue weighted by atomic mass is 10.1. The molecule has 0 radical (unpaired) electrons. The zero-order valence-electron chi connectivity index (χ0n) is 12.9. The summed E-state index contributed by atoms with van der Waals surface area (Å²) in [6.45, 7) is 1.72. The molecule has 0 amide bonds. The maximum atomic E-state index is 4.72. The summed E-state index contributed by atoms with van der Waals surface area (Å²) in [5.41, 5.74) is 3.44. The molecule has 0 saturated heterocycles. The number of rotatable bonds is 4. The number of para-hydroxylation sites is 2. The summed E-state index contributed by atoms with van der Waals surface area (Å²) in [6, 6.07) is 18.8. The largest absolute Gasteiger partial charge is 0.295 e. The monoisotopic (exact) mass is 319 g/mol. The lowest BCUT2D eigenvalue weighted by molar-refractivity contribution is 0.320. The van der Waals surface area contributed by atoms with Gasteiger partial charge in [0.1, 0.15) is 5.01 Å². The van der Waals surface area contributed by atoms with E-state index in [9.17, 15) is 0 Å². The number of benzene rings is 2. The summed E-state index contributed by atoms with van der Waals surface area (Å²) in [5, 5.41) is 2.35. The highest BCUT2D eigenvalue weighted by molar-refractivity contribution is 7.18. The predicted molar refractivity (Wildman–Crippen MR) is 96.5 cm³/mol. The summed E-state index contributed by atoms with van der Waals surface area (Å²) in [5.74, 6) is 0. The zero-order valence-corrected chi connectivity index (χ0v) is 13.8. The van der Waals surface area contributed by atoms with Crippen LogP contribution in [0, 0.1) is 0 Å². The number of hydrogen-bond acceptors (Lipinski definition) is 4. The summed E-state index contributed by atoms with van der Waals surface area (Å²) in [6.07, 6.45) is 1.86. The van der Waals surface area contributed by atoms with Crippen LogP contribution in [-0.4, -0.2) is 21.9 Å². The van der Waals surface area contributed by atoms with Gasteiger partial charge < -0.3 is 0 Å². The molecule has 0 aliphatic carbocycles. The zero-order chi connectivity index (χ0) is 15.6. The van der Waals surface area contributed by atoms with Gasteiger partial charge in [0.2, 0.25) is 0 Å². The van der Waals surface area contributed by atoms with Gasteiger partial charge in [0.05, 0.1) is 22.3 Å². The maximum absolute atomic E-state index is 4.72. The molecule has 4 rings (SSSR count). The molecule has 0 fully saturated rings. The van der Waals surface area contributed by atoms with Gasteiger partial charge in [0, 0.05) is 18.1 Å². The van der Waals surface area contributed by atoms with Crippen molar-refractivity contribution in [3.05, 3.63) is 71.4 Å². The summed E-state index contributed by atoms with van der Waals surface area (Å²) in [7, 11) is 2.13. The van der Waals surface area contributed by atoms with Crippen molar-refractivity contribution in [1.29, 1.82) is 0 Å². The number of fused-ring (bicyclic) bond motifs is 2. The first-order valence-corrected chi connectivity index (χ1v) is 8.47. The molecule has 0 aliphatic rings. The second kappa shape index (κ2) is 6.07. The van der Waals surface area contributed by atoms with Crippen LogP contribution in [-0.2, 0) is 13.1 Å². The van der Waals surface area contributed by atoms with Crippen molar-refractivity contribution in [2.75, 3.05) is 7.05 Å². The molecule has 0 unspecified atom stereocenters. The first-order valence-electron chi connectivity index (χ1n) is 7.65. The molecule has 3 nitrogen and oxygen atoms in total. The topological polar surface area (TPSA) is 29.0 Å². The smallest absolute Gasteiger partial charge is 0.108 e. The van der Waals surface area contributed by atoms with Crippen LogP contribution in [0.25, 0.3) is 21.1 Å². The number of aromatic nitrogens is 2. The minimum atomic E-state index is 0.850. The Morgan fingerprint density at radius 1 is 0.957 bits per heavy atom. The predicted octanol–water partition coefficient (Wildman–Crippen LogP) is 4.48. The maximum Gasteiger partial charge on any atom is 0.108 e. The fraction of sp³-hybridized carbons (Fsp3) is 0.158. The second-order valence-electron chi connectivity index (χ2n) is 5.74. The normalized spacial score (nSPS) is 11.6. The van der Waals surface area contributed by atoms with Gasteiger partial charge in [-0.2, -0.15) is 0 Å². The standard InChI is InChI=1S/C19H17N3S/c1-22(13-18-21-16-9-2-3-10-17(16)23-18)12-15-7-4-6-14-8-5-11-20-19(14)15/h2-11H,12-13H2,1H3. The van der Waals surface area contributed by atoms with Crippen molar-refractivity contribution in [3.63, 3.8) is 0 Å². The second-order valence-corrected chi connectivity index (χ2v) is 6.86. The lowest BCUT2D eigenvalue weighted by Crippen LogP contribution is -2.17. The Kier molecular flexibility index (Phi) is 3.77. The molecule has 4 aromatic rings. The summed E-state index contributed by atoms with van der Waals surface area (Å²) >= 11 is 1.77. The Morgan fingerprint density at radius 2 is 1.83 bits per heavy atom. The van der Waals surface area contributed by atoms with Crippen molar-refractivity contribution < 1.29 is 0 Å². The SMILES string of the molecule is CN(Cc1nc2ccccc2s1)Cc1cccc2cccnc12. The highest BCUT2D eigenvalue weighted by Crippen LogP contribution is 2.23. The van der Waals surface area contributed by atoms with Gasteiger partial charge in [-0.25, -0.2) is 4.98 Å². The first-order chi connectivity index (χ1) is 11.3. The number of nitrogens with zero attached hydrogens (tertiary/aromatic N) is 3. The van der Waals surface area contributed by atoms with E-state index in [1.807, 2.05) is 18.3 Å². The van der Waals surface area contributed by atoms with E-state index in [1.165, 1.54) is 15.6 Å². The molecule has 0 saturated carbocycles. The van der Waals surface area contributed by atoms with Crippen LogP contribution in [0.2, 0.25) is 0 Å². The molecule has 4 heteroatoms. The van der Waals surface area contributed by atoms with E-state index in [0.29, 0.717) is 0 Å². The van der Waals surface area contributed by atoms with E-state index in [-0.39, 0.29) is 0 Å². The van der Waals surface area contributed by atoms with Crippen LogP contribution in [0.5, 0.6) is 0 Å². The molecule has 0 spiro atoms. The van der Waals surface area contributed by atoms with Gasteiger partial charge >= 0.3 is 0 Å². The highest BCUT2D eigenvalue weighted by Gasteiger charge is 2.09. The van der Waals surface area contributed by atoms with E-state index < -0.39 is 0 Å². The third-order valence-electron chi connectivity index (χ3n) is 3.90.